The normalized spacial score (nSPS) is 15.7. The van der Waals surface area contributed by atoms with E-state index < -0.39 is 29.8 Å². The van der Waals surface area contributed by atoms with E-state index in [1.807, 2.05) is 0 Å². The topological polar surface area (TPSA) is 71.4 Å². The average molecular weight is 373 g/mol. The predicted molar refractivity (Wildman–Crippen MR) is 88.4 cm³/mol. The summed E-state index contributed by atoms with van der Waals surface area (Å²) in [6, 6.07) is 1.78. The van der Waals surface area contributed by atoms with Crippen molar-refractivity contribution >= 4 is 11.8 Å². The van der Waals surface area contributed by atoms with E-state index in [2.05, 4.69) is 5.32 Å². The summed E-state index contributed by atoms with van der Waals surface area (Å²) in [5.74, 6) is -0.432. The van der Waals surface area contributed by atoms with E-state index in [1.165, 1.54) is 0 Å². The zero-order valence-corrected chi connectivity index (χ0v) is 14.3. The molecule has 1 saturated heterocycles. The minimum atomic E-state index is -4.75. The molecule has 0 atom stereocenters. The summed E-state index contributed by atoms with van der Waals surface area (Å²) in [5, 5.41) is 2.57. The van der Waals surface area contributed by atoms with Crippen LogP contribution in [0.15, 0.2) is 23.1 Å². The summed E-state index contributed by atoms with van der Waals surface area (Å²) >= 11 is 0. The summed E-state index contributed by atoms with van der Waals surface area (Å²) in [5.41, 5.74) is -2.54. The Morgan fingerprint density at radius 3 is 2.69 bits per heavy atom. The van der Waals surface area contributed by atoms with E-state index in [1.54, 1.807) is 4.90 Å². The van der Waals surface area contributed by atoms with E-state index in [9.17, 15) is 27.6 Å². The van der Waals surface area contributed by atoms with Crippen molar-refractivity contribution in [3.63, 3.8) is 0 Å². The molecule has 1 N–H and O–H groups in total. The van der Waals surface area contributed by atoms with Crippen LogP contribution in [0.5, 0.6) is 0 Å². The van der Waals surface area contributed by atoms with Gasteiger partial charge in [0.15, 0.2) is 0 Å². The maximum atomic E-state index is 12.7. The molecule has 6 nitrogen and oxygen atoms in total. The molecule has 144 valence electrons. The van der Waals surface area contributed by atoms with Gasteiger partial charge >= 0.3 is 6.18 Å². The Morgan fingerprint density at radius 1 is 1.19 bits per heavy atom. The fourth-order valence-electron chi connectivity index (χ4n) is 2.86. The van der Waals surface area contributed by atoms with Gasteiger partial charge in [-0.1, -0.05) is 6.42 Å². The first kappa shape index (κ1) is 20.0. The number of hydrogen-bond acceptors (Lipinski definition) is 3. The van der Waals surface area contributed by atoms with Gasteiger partial charge in [0.25, 0.3) is 5.56 Å². The van der Waals surface area contributed by atoms with Gasteiger partial charge in [0, 0.05) is 32.3 Å². The van der Waals surface area contributed by atoms with Crippen molar-refractivity contribution in [3.05, 3.63) is 34.2 Å². The zero-order chi connectivity index (χ0) is 19.2. The highest BCUT2D eigenvalue weighted by Gasteiger charge is 2.34. The second-order valence-electron chi connectivity index (χ2n) is 6.25. The molecule has 0 bridgehead atoms. The maximum Gasteiger partial charge on any atom is 0.421 e. The lowest BCUT2D eigenvalue weighted by atomic mass is 10.2. The molecular formula is C17H22F3N3O3. The molecule has 0 radical (unpaired) electrons. The number of amides is 2. The fraction of sp³-hybridized carbons (Fsp3) is 0.588. The van der Waals surface area contributed by atoms with Crippen LogP contribution in [0, 0.1) is 0 Å². The number of alkyl halides is 3. The molecule has 1 aliphatic rings. The number of pyridine rings is 1. The van der Waals surface area contributed by atoms with Gasteiger partial charge in [0.1, 0.15) is 12.1 Å². The van der Waals surface area contributed by atoms with Gasteiger partial charge < -0.3 is 14.8 Å². The third-order valence-electron chi connectivity index (χ3n) is 4.24. The number of hydrogen-bond donors (Lipinski definition) is 1. The molecule has 0 saturated carbocycles. The number of nitrogens with zero attached hydrogens (tertiary/aromatic N) is 2. The van der Waals surface area contributed by atoms with Crippen LogP contribution < -0.4 is 10.9 Å². The molecule has 1 aromatic rings. The molecule has 0 aromatic carbocycles. The Bertz CT molecular complexity index is 700. The highest BCUT2D eigenvalue weighted by Crippen LogP contribution is 2.25. The fourth-order valence-corrected chi connectivity index (χ4v) is 2.86. The number of nitrogens with one attached hydrogen (secondary N) is 1. The van der Waals surface area contributed by atoms with Crippen molar-refractivity contribution < 1.29 is 22.8 Å². The largest absolute Gasteiger partial charge is 0.421 e. The third-order valence-corrected chi connectivity index (χ3v) is 4.24. The lowest BCUT2D eigenvalue weighted by molar-refractivity contribution is -0.139. The van der Waals surface area contributed by atoms with Crippen LogP contribution in [0.4, 0.5) is 13.2 Å². The molecule has 2 rings (SSSR count). The van der Waals surface area contributed by atoms with E-state index >= 15 is 0 Å². The number of carbonyl (C=O) groups excluding carboxylic acids is 2. The van der Waals surface area contributed by atoms with Gasteiger partial charge in [-0.05, 0) is 31.4 Å². The number of halogens is 3. The average Bonchev–Trinajstić information content (AvgIpc) is 2.77. The zero-order valence-electron chi connectivity index (χ0n) is 14.3. The summed E-state index contributed by atoms with van der Waals surface area (Å²) in [6.45, 7) is 1.05. The Morgan fingerprint density at radius 2 is 1.96 bits per heavy atom. The van der Waals surface area contributed by atoms with Gasteiger partial charge in [-0.25, -0.2) is 0 Å². The molecule has 2 heterocycles. The second-order valence-corrected chi connectivity index (χ2v) is 6.25. The monoisotopic (exact) mass is 373 g/mol. The van der Waals surface area contributed by atoms with Crippen LogP contribution in [-0.2, 0) is 22.3 Å². The number of likely N-dealkylation sites (tertiary alicyclic amines) is 1. The Kier molecular flexibility index (Phi) is 6.82. The summed E-state index contributed by atoms with van der Waals surface area (Å²) in [4.78, 5) is 37.3. The first-order valence-corrected chi connectivity index (χ1v) is 8.60. The van der Waals surface area contributed by atoms with Crippen LogP contribution in [0.2, 0.25) is 0 Å². The van der Waals surface area contributed by atoms with Crippen LogP contribution in [0.1, 0.15) is 37.7 Å². The highest BCUT2D eigenvalue weighted by atomic mass is 19.4. The van der Waals surface area contributed by atoms with Crippen molar-refractivity contribution in [1.82, 2.24) is 14.8 Å². The smallest absolute Gasteiger partial charge is 0.354 e. The van der Waals surface area contributed by atoms with Gasteiger partial charge in [0.2, 0.25) is 11.8 Å². The Hall–Kier alpha value is -2.32. The SMILES string of the molecule is O=C(Cn1cccc(C(F)(F)F)c1=O)NCCCN1CCCCCC1=O. The number of rotatable bonds is 6. The summed E-state index contributed by atoms with van der Waals surface area (Å²) in [6.07, 6.45) is 0.391. The number of carbonyl (C=O) groups is 2. The van der Waals surface area contributed by atoms with E-state index in [0.29, 0.717) is 32.0 Å². The predicted octanol–water partition coefficient (Wildman–Crippen LogP) is 1.78. The highest BCUT2D eigenvalue weighted by molar-refractivity contribution is 5.76. The van der Waals surface area contributed by atoms with Crippen LogP contribution >= 0.6 is 0 Å². The third kappa shape index (κ3) is 5.60. The van der Waals surface area contributed by atoms with E-state index in [0.717, 1.165) is 36.1 Å². The molecule has 2 amide bonds. The van der Waals surface area contributed by atoms with Crippen molar-refractivity contribution in [2.75, 3.05) is 19.6 Å². The Balaban J connectivity index is 1.81. The number of aromatic nitrogens is 1. The molecule has 0 aliphatic carbocycles. The first-order valence-electron chi connectivity index (χ1n) is 8.60. The minimum Gasteiger partial charge on any atom is -0.354 e. The van der Waals surface area contributed by atoms with Crippen LogP contribution in [0.25, 0.3) is 0 Å². The van der Waals surface area contributed by atoms with Crippen molar-refractivity contribution in [2.24, 2.45) is 0 Å². The molecule has 1 fully saturated rings. The molecule has 1 aliphatic heterocycles. The minimum absolute atomic E-state index is 0.115. The van der Waals surface area contributed by atoms with Gasteiger partial charge in [0.05, 0.1) is 0 Å². The van der Waals surface area contributed by atoms with E-state index in [4.69, 9.17) is 0 Å². The molecule has 0 unspecified atom stereocenters. The van der Waals surface area contributed by atoms with Crippen LogP contribution in [0.3, 0.4) is 0 Å². The van der Waals surface area contributed by atoms with Gasteiger partial charge in [-0.2, -0.15) is 13.2 Å². The Labute approximate surface area is 149 Å². The standard InChI is InChI=1S/C17H22F3N3O3/c18-17(19,20)13-6-4-10-23(16(13)26)12-14(24)21-8-5-11-22-9-3-1-2-7-15(22)25/h4,6,10H,1-3,5,7-9,11-12H2,(H,21,24). The molecule has 0 spiro atoms. The summed E-state index contributed by atoms with van der Waals surface area (Å²) < 4.78 is 38.9. The van der Waals surface area contributed by atoms with Gasteiger partial charge in [-0.3, -0.25) is 14.4 Å². The lowest BCUT2D eigenvalue weighted by Crippen LogP contribution is -2.37. The quantitative estimate of drug-likeness (QED) is 0.773. The molecule has 9 heteroatoms. The van der Waals surface area contributed by atoms with Crippen molar-refractivity contribution in [3.8, 4) is 0 Å². The summed E-state index contributed by atoms with van der Waals surface area (Å²) in [7, 11) is 0. The second kappa shape index (κ2) is 8.86. The lowest BCUT2D eigenvalue weighted by Gasteiger charge is -2.20. The van der Waals surface area contributed by atoms with E-state index in [-0.39, 0.29) is 12.5 Å². The first-order chi connectivity index (χ1) is 12.3. The van der Waals surface area contributed by atoms with Crippen LogP contribution in [-0.4, -0.2) is 40.9 Å². The molecular weight excluding hydrogens is 351 g/mol. The molecule has 1 aromatic heterocycles. The molecule has 26 heavy (non-hydrogen) atoms. The van der Waals surface area contributed by atoms with Gasteiger partial charge in [-0.15, -0.1) is 0 Å². The maximum absolute atomic E-state index is 12.7. The van der Waals surface area contributed by atoms with Crippen molar-refractivity contribution in [2.45, 2.75) is 44.8 Å². The van der Waals surface area contributed by atoms with Crippen molar-refractivity contribution in [1.29, 1.82) is 0 Å².